The molecule has 0 radical (unpaired) electrons. The van der Waals surface area contributed by atoms with Crippen molar-refractivity contribution in [3.63, 3.8) is 0 Å². The first-order valence-corrected chi connectivity index (χ1v) is 5.94. The molecule has 0 saturated carbocycles. The molecular formula is C11H12N4OS. The molecule has 0 fully saturated rings. The molecule has 0 spiro atoms. The van der Waals surface area contributed by atoms with Gasteiger partial charge >= 0.3 is 0 Å². The molecule has 0 aromatic carbocycles. The minimum absolute atomic E-state index is 0.430. The number of nitrogens with two attached hydrogens (primary N) is 1. The lowest BCUT2D eigenvalue weighted by Gasteiger charge is -2.08. The number of aromatic nitrogens is 3. The molecule has 2 aromatic rings. The number of hydrogen-bond acceptors (Lipinski definition) is 6. The molecule has 2 aromatic heterocycles. The van der Waals surface area contributed by atoms with Crippen LogP contribution in [0.15, 0.2) is 40.8 Å². The molecule has 5 nitrogen and oxygen atoms in total. The Bertz CT molecular complexity index is 492. The van der Waals surface area contributed by atoms with E-state index in [2.05, 4.69) is 15.0 Å². The van der Waals surface area contributed by atoms with Gasteiger partial charge in [0.05, 0.1) is 6.61 Å². The Morgan fingerprint density at radius 2 is 2.06 bits per heavy atom. The molecular weight excluding hydrogens is 236 g/mol. The van der Waals surface area contributed by atoms with E-state index in [4.69, 9.17) is 10.5 Å². The molecule has 0 saturated heterocycles. The first kappa shape index (κ1) is 11.7. The second kappa shape index (κ2) is 5.49. The van der Waals surface area contributed by atoms with Crippen LogP contribution in [0.3, 0.4) is 0 Å². The lowest BCUT2D eigenvalue weighted by molar-refractivity contribution is 0.327. The Labute approximate surface area is 103 Å². The third-order valence-electron chi connectivity index (χ3n) is 1.96. The SMILES string of the molecule is CCOc1ncnc(Sc2ccncc2)c1N. The molecule has 88 valence electrons. The highest BCUT2D eigenvalue weighted by atomic mass is 32.2. The second-order valence-electron chi connectivity index (χ2n) is 3.12. The lowest BCUT2D eigenvalue weighted by atomic mass is 10.5. The van der Waals surface area contributed by atoms with Crippen molar-refractivity contribution in [2.24, 2.45) is 0 Å². The number of rotatable bonds is 4. The number of nitrogens with zero attached hydrogens (tertiary/aromatic N) is 3. The summed E-state index contributed by atoms with van der Waals surface area (Å²) < 4.78 is 5.31. The van der Waals surface area contributed by atoms with Crippen LogP contribution in [0.4, 0.5) is 5.69 Å². The van der Waals surface area contributed by atoms with Crippen molar-refractivity contribution in [2.75, 3.05) is 12.3 Å². The third kappa shape index (κ3) is 2.85. The van der Waals surface area contributed by atoms with Gasteiger partial charge < -0.3 is 10.5 Å². The smallest absolute Gasteiger partial charge is 0.241 e. The first-order chi connectivity index (χ1) is 8.31. The Morgan fingerprint density at radius 1 is 1.29 bits per heavy atom. The van der Waals surface area contributed by atoms with Crippen LogP contribution in [-0.4, -0.2) is 21.6 Å². The Kier molecular flexibility index (Phi) is 3.77. The zero-order chi connectivity index (χ0) is 12.1. The highest BCUT2D eigenvalue weighted by Crippen LogP contribution is 2.33. The van der Waals surface area contributed by atoms with E-state index < -0.39 is 0 Å². The van der Waals surface area contributed by atoms with Crippen molar-refractivity contribution in [1.29, 1.82) is 0 Å². The van der Waals surface area contributed by atoms with Crippen LogP contribution in [0, 0.1) is 0 Å². The van der Waals surface area contributed by atoms with Gasteiger partial charge in [-0.2, -0.15) is 4.98 Å². The van der Waals surface area contributed by atoms with Gasteiger partial charge in [0.2, 0.25) is 5.88 Å². The molecule has 0 bridgehead atoms. The molecule has 2 rings (SSSR count). The predicted octanol–water partition coefficient (Wildman–Crippen LogP) is 2.00. The summed E-state index contributed by atoms with van der Waals surface area (Å²) in [7, 11) is 0. The van der Waals surface area contributed by atoms with Crippen LogP contribution in [-0.2, 0) is 0 Å². The fraction of sp³-hybridized carbons (Fsp3) is 0.182. The summed E-state index contributed by atoms with van der Waals surface area (Å²) in [5.41, 5.74) is 6.40. The van der Waals surface area contributed by atoms with Crippen molar-refractivity contribution in [2.45, 2.75) is 16.8 Å². The van der Waals surface area contributed by atoms with Gasteiger partial charge in [-0.1, -0.05) is 11.8 Å². The molecule has 0 unspecified atom stereocenters. The number of ether oxygens (including phenoxy) is 1. The molecule has 0 aliphatic rings. The van der Waals surface area contributed by atoms with Gasteiger partial charge in [0.25, 0.3) is 0 Å². The van der Waals surface area contributed by atoms with E-state index in [9.17, 15) is 0 Å². The fourth-order valence-electron chi connectivity index (χ4n) is 1.22. The average Bonchev–Trinajstić information content (AvgIpc) is 2.36. The van der Waals surface area contributed by atoms with Crippen molar-refractivity contribution in [3.05, 3.63) is 30.9 Å². The van der Waals surface area contributed by atoms with E-state index in [0.29, 0.717) is 23.2 Å². The molecule has 2 N–H and O–H groups in total. The minimum atomic E-state index is 0.430. The van der Waals surface area contributed by atoms with E-state index in [1.54, 1.807) is 12.4 Å². The number of anilines is 1. The van der Waals surface area contributed by atoms with E-state index in [0.717, 1.165) is 4.90 Å². The highest BCUT2D eigenvalue weighted by molar-refractivity contribution is 7.99. The van der Waals surface area contributed by atoms with Gasteiger partial charge in [-0.3, -0.25) is 4.98 Å². The van der Waals surface area contributed by atoms with Crippen LogP contribution in [0.1, 0.15) is 6.92 Å². The van der Waals surface area contributed by atoms with Crippen LogP contribution < -0.4 is 10.5 Å². The maximum Gasteiger partial charge on any atom is 0.241 e. The summed E-state index contributed by atoms with van der Waals surface area (Å²) in [6.45, 7) is 2.41. The number of nitrogen functional groups attached to an aromatic ring is 1. The summed E-state index contributed by atoms with van der Waals surface area (Å²) in [6, 6.07) is 3.79. The molecule has 2 heterocycles. The Hall–Kier alpha value is -1.82. The normalized spacial score (nSPS) is 10.2. The minimum Gasteiger partial charge on any atom is -0.476 e. The maximum atomic E-state index is 5.93. The molecule has 0 aliphatic heterocycles. The molecule has 6 heteroatoms. The highest BCUT2D eigenvalue weighted by Gasteiger charge is 2.09. The van der Waals surface area contributed by atoms with Crippen molar-refractivity contribution < 1.29 is 4.74 Å². The standard InChI is InChI=1S/C11H12N4OS/c1-2-16-10-9(12)11(15-7-14-10)17-8-3-5-13-6-4-8/h3-7H,2,12H2,1H3. The van der Waals surface area contributed by atoms with E-state index in [1.165, 1.54) is 18.1 Å². The summed E-state index contributed by atoms with van der Waals surface area (Å²) >= 11 is 1.46. The summed E-state index contributed by atoms with van der Waals surface area (Å²) in [5, 5.41) is 0.689. The third-order valence-corrected chi connectivity index (χ3v) is 2.98. The summed E-state index contributed by atoms with van der Waals surface area (Å²) in [5.74, 6) is 0.430. The van der Waals surface area contributed by atoms with Crippen molar-refractivity contribution in [3.8, 4) is 5.88 Å². The van der Waals surface area contributed by atoms with Crippen LogP contribution in [0.2, 0.25) is 0 Å². The van der Waals surface area contributed by atoms with Crippen LogP contribution in [0.25, 0.3) is 0 Å². The fourth-order valence-corrected chi connectivity index (χ4v) is 1.99. The summed E-state index contributed by atoms with van der Waals surface area (Å²) in [4.78, 5) is 13.1. The zero-order valence-electron chi connectivity index (χ0n) is 9.33. The first-order valence-electron chi connectivity index (χ1n) is 5.12. The maximum absolute atomic E-state index is 5.93. The van der Waals surface area contributed by atoms with E-state index in [1.807, 2.05) is 19.1 Å². The van der Waals surface area contributed by atoms with Crippen LogP contribution >= 0.6 is 11.8 Å². The molecule has 0 atom stereocenters. The van der Waals surface area contributed by atoms with Crippen LogP contribution in [0.5, 0.6) is 5.88 Å². The monoisotopic (exact) mass is 248 g/mol. The van der Waals surface area contributed by atoms with Gasteiger partial charge in [0, 0.05) is 17.3 Å². The average molecular weight is 248 g/mol. The molecule has 0 aliphatic carbocycles. The van der Waals surface area contributed by atoms with Gasteiger partial charge in [-0.15, -0.1) is 0 Å². The largest absolute Gasteiger partial charge is 0.476 e. The topological polar surface area (TPSA) is 73.9 Å². The van der Waals surface area contributed by atoms with Crippen molar-refractivity contribution >= 4 is 17.4 Å². The Balaban J connectivity index is 2.24. The van der Waals surface area contributed by atoms with Gasteiger partial charge in [0.15, 0.2) is 0 Å². The predicted molar refractivity (Wildman–Crippen MR) is 66.0 cm³/mol. The van der Waals surface area contributed by atoms with Crippen molar-refractivity contribution in [1.82, 2.24) is 15.0 Å². The zero-order valence-corrected chi connectivity index (χ0v) is 10.1. The van der Waals surface area contributed by atoms with Gasteiger partial charge in [0.1, 0.15) is 17.0 Å². The quantitative estimate of drug-likeness (QED) is 0.834. The Morgan fingerprint density at radius 3 is 2.76 bits per heavy atom. The molecule has 0 amide bonds. The second-order valence-corrected chi connectivity index (χ2v) is 4.18. The van der Waals surface area contributed by atoms with Gasteiger partial charge in [-0.05, 0) is 19.1 Å². The van der Waals surface area contributed by atoms with Gasteiger partial charge in [-0.25, -0.2) is 4.98 Å². The van der Waals surface area contributed by atoms with E-state index in [-0.39, 0.29) is 0 Å². The summed E-state index contributed by atoms with van der Waals surface area (Å²) in [6.07, 6.45) is 4.90. The molecule has 17 heavy (non-hydrogen) atoms. The number of pyridine rings is 1. The number of hydrogen-bond donors (Lipinski definition) is 1. The lowest BCUT2D eigenvalue weighted by Crippen LogP contribution is -2.02. The van der Waals surface area contributed by atoms with E-state index >= 15 is 0 Å².